The van der Waals surface area contributed by atoms with Crippen molar-refractivity contribution >= 4 is 38.4 Å². The number of thiophene rings is 1. The van der Waals surface area contributed by atoms with E-state index in [2.05, 4.69) is 25.5 Å². The van der Waals surface area contributed by atoms with Crippen molar-refractivity contribution in [2.24, 2.45) is 0 Å². The molecule has 0 spiro atoms. The molecule has 8 heteroatoms. The maximum absolute atomic E-state index is 11.9. The van der Waals surface area contributed by atoms with E-state index in [9.17, 15) is 9.90 Å². The first-order valence-corrected chi connectivity index (χ1v) is 7.92. The van der Waals surface area contributed by atoms with E-state index in [-0.39, 0.29) is 12.1 Å². The van der Waals surface area contributed by atoms with Crippen LogP contribution in [0.2, 0.25) is 0 Å². The third-order valence-electron chi connectivity index (χ3n) is 3.65. The molecule has 3 aromatic heterocycles. The van der Waals surface area contributed by atoms with Gasteiger partial charge in [-0.2, -0.15) is 10.1 Å². The highest BCUT2D eigenvalue weighted by atomic mass is 32.1. The molecule has 0 saturated carbocycles. The van der Waals surface area contributed by atoms with Crippen molar-refractivity contribution in [2.45, 2.75) is 6.10 Å². The number of hydrogen-bond acceptors (Lipinski definition) is 6. The first-order chi connectivity index (χ1) is 11.2. The SMILES string of the molecule is O=c1[nH]c(NCC(O)c2csc3ccccc23)nc2[nH]ncc12. The zero-order valence-corrected chi connectivity index (χ0v) is 12.7. The minimum atomic E-state index is -0.700. The van der Waals surface area contributed by atoms with Crippen LogP contribution in [0.25, 0.3) is 21.1 Å². The van der Waals surface area contributed by atoms with E-state index in [1.807, 2.05) is 29.6 Å². The Morgan fingerprint density at radius 2 is 2.17 bits per heavy atom. The van der Waals surface area contributed by atoms with Crippen LogP contribution in [-0.2, 0) is 0 Å². The van der Waals surface area contributed by atoms with Gasteiger partial charge in [0.15, 0.2) is 5.65 Å². The van der Waals surface area contributed by atoms with E-state index < -0.39 is 6.10 Å². The average Bonchev–Trinajstić information content (AvgIpc) is 3.19. The van der Waals surface area contributed by atoms with Crippen molar-refractivity contribution < 1.29 is 5.11 Å². The fourth-order valence-electron chi connectivity index (χ4n) is 2.49. The van der Waals surface area contributed by atoms with Crippen LogP contribution < -0.4 is 10.9 Å². The van der Waals surface area contributed by atoms with Gasteiger partial charge in [0.25, 0.3) is 5.56 Å². The topological polar surface area (TPSA) is 107 Å². The molecule has 4 N–H and O–H groups in total. The number of H-pyrrole nitrogens is 2. The lowest BCUT2D eigenvalue weighted by Crippen LogP contribution is -2.17. The fraction of sp³-hybridized carbons (Fsp3) is 0.133. The highest BCUT2D eigenvalue weighted by Crippen LogP contribution is 2.30. The van der Waals surface area contributed by atoms with Gasteiger partial charge in [0.05, 0.1) is 12.3 Å². The minimum absolute atomic E-state index is 0.239. The van der Waals surface area contributed by atoms with Crippen molar-refractivity contribution in [3.8, 4) is 0 Å². The zero-order valence-electron chi connectivity index (χ0n) is 11.9. The molecule has 23 heavy (non-hydrogen) atoms. The monoisotopic (exact) mass is 327 g/mol. The van der Waals surface area contributed by atoms with Crippen molar-refractivity contribution in [2.75, 3.05) is 11.9 Å². The van der Waals surface area contributed by atoms with E-state index in [4.69, 9.17) is 0 Å². The van der Waals surface area contributed by atoms with Crippen LogP contribution in [0.3, 0.4) is 0 Å². The summed E-state index contributed by atoms with van der Waals surface area (Å²) in [5.41, 5.74) is 0.997. The molecule has 0 bridgehead atoms. The highest BCUT2D eigenvalue weighted by Gasteiger charge is 2.13. The Hall–Kier alpha value is -2.71. The lowest BCUT2D eigenvalue weighted by molar-refractivity contribution is 0.193. The van der Waals surface area contributed by atoms with Crippen LogP contribution in [0, 0.1) is 0 Å². The molecule has 0 radical (unpaired) electrons. The van der Waals surface area contributed by atoms with E-state index in [1.165, 1.54) is 6.20 Å². The molecule has 116 valence electrons. The molecule has 1 aromatic carbocycles. The number of hydrogen-bond donors (Lipinski definition) is 4. The molecule has 0 aliphatic rings. The van der Waals surface area contributed by atoms with Gasteiger partial charge in [-0.3, -0.25) is 14.9 Å². The summed E-state index contributed by atoms with van der Waals surface area (Å²) in [6, 6.07) is 7.93. The zero-order chi connectivity index (χ0) is 15.8. The fourth-order valence-corrected chi connectivity index (χ4v) is 3.50. The Balaban J connectivity index is 1.56. The first kappa shape index (κ1) is 13.9. The van der Waals surface area contributed by atoms with Gasteiger partial charge in [-0.1, -0.05) is 18.2 Å². The molecule has 3 heterocycles. The Labute approximate surface area is 134 Å². The van der Waals surface area contributed by atoms with E-state index in [0.717, 1.165) is 15.6 Å². The van der Waals surface area contributed by atoms with Crippen molar-refractivity contribution in [1.82, 2.24) is 20.2 Å². The predicted octanol–water partition coefficient (Wildman–Crippen LogP) is 2.01. The summed E-state index contributed by atoms with van der Waals surface area (Å²) in [6.07, 6.45) is 0.728. The van der Waals surface area contributed by atoms with Gasteiger partial charge < -0.3 is 10.4 Å². The minimum Gasteiger partial charge on any atom is -0.387 e. The van der Waals surface area contributed by atoms with Gasteiger partial charge in [0, 0.05) is 16.8 Å². The molecule has 0 aliphatic heterocycles. The van der Waals surface area contributed by atoms with Crippen LogP contribution in [0.5, 0.6) is 0 Å². The number of aromatic nitrogens is 4. The summed E-state index contributed by atoms with van der Waals surface area (Å²) < 4.78 is 1.13. The lowest BCUT2D eigenvalue weighted by atomic mass is 10.1. The first-order valence-electron chi connectivity index (χ1n) is 7.04. The maximum Gasteiger partial charge on any atom is 0.263 e. The highest BCUT2D eigenvalue weighted by molar-refractivity contribution is 7.17. The second-order valence-corrected chi connectivity index (χ2v) is 6.04. The van der Waals surface area contributed by atoms with E-state index in [0.29, 0.717) is 17.0 Å². The molecule has 7 nitrogen and oxygen atoms in total. The average molecular weight is 327 g/mol. The molecule has 1 unspecified atom stereocenters. The van der Waals surface area contributed by atoms with Crippen LogP contribution in [0.4, 0.5) is 5.95 Å². The van der Waals surface area contributed by atoms with Gasteiger partial charge in [0.2, 0.25) is 5.95 Å². The lowest BCUT2D eigenvalue weighted by Gasteiger charge is -2.11. The largest absolute Gasteiger partial charge is 0.387 e. The summed E-state index contributed by atoms with van der Waals surface area (Å²) in [6.45, 7) is 0.239. The number of anilines is 1. The van der Waals surface area contributed by atoms with Crippen molar-refractivity contribution in [3.05, 3.63) is 51.8 Å². The summed E-state index contributed by atoms with van der Waals surface area (Å²) in [5.74, 6) is 0.297. The van der Waals surface area contributed by atoms with Crippen LogP contribution in [-0.4, -0.2) is 31.8 Å². The number of nitrogens with zero attached hydrogens (tertiary/aromatic N) is 2. The van der Waals surface area contributed by atoms with Gasteiger partial charge >= 0.3 is 0 Å². The van der Waals surface area contributed by atoms with Crippen LogP contribution in [0.1, 0.15) is 11.7 Å². The van der Waals surface area contributed by atoms with Crippen LogP contribution in [0.15, 0.2) is 40.6 Å². The van der Waals surface area contributed by atoms with Gasteiger partial charge in [-0.15, -0.1) is 11.3 Å². The molecule has 4 rings (SSSR count). The Bertz CT molecular complexity index is 1030. The number of fused-ring (bicyclic) bond motifs is 2. The molecule has 4 aromatic rings. The molecule has 0 fully saturated rings. The third-order valence-corrected chi connectivity index (χ3v) is 4.63. The summed E-state index contributed by atoms with van der Waals surface area (Å²) in [5, 5.41) is 23.2. The van der Waals surface area contributed by atoms with Crippen LogP contribution >= 0.6 is 11.3 Å². The number of aliphatic hydroxyl groups excluding tert-OH is 1. The maximum atomic E-state index is 11.9. The summed E-state index contributed by atoms with van der Waals surface area (Å²) in [4.78, 5) is 18.7. The molecular weight excluding hydrogens is 314 g/mol. The van der Waals surface area contributed by atoms with Crippen molar-refractivity contribution in [1.29, 1.82) is 0 Å². The molecule has 0 saturated heterocycles. The predicted molar refractivity (Wildman–Crippen MR) is 89.8 cm³/mol. The number of rotatable bonds is 4. The van der Waals surface area contributed by atoms with E-state index >= 15 is 0 Å². The smallest absolute Gasteiger partial charge is 0.263 e. The molecular formula is C15H13N5O2S. The Morgan fingerprint density at radius 1 is 1.30 bits per heavy atom. The number of aliphatic hydroxyl groups is 1. The normalized spacial score (nSPS) is 12.7. The standard InChI is InChI=1S/C15H13N5O2S/c21-11(10-7-23-12-4-2-1-3-8(10)12)6-16-15-18-13-9(5-17-20-13)14(22)19-15/h1-5,7,11,21H,6H2,(H3,16,17,18,19,20,22). The summed E-state index contributed by atoms with van der Waals surface area (Å²) in [7, 11) is 0. The Morgan fingerprint density at radius 3 is 3.09 bits per heavy atom. The van der Waals surface area contributed by atoms with Crippen molar-refractivity contribution in [3.63, 3.8) is 0 Å². The molecule has 0 aliphatic carbocycles. The Kier molecular flexibility index (Phi) is 3.32. The third kappa shape index (κ3) is 2.47. The molecule has 0 amide bonds. The molecule has 1 atom stereocenters. The summed E-state index contributed by atoms with van der Waals surface area (Å²) >= 11 is 1.59. The number of aromatic amines is 2. The van der Waals surface area contributed by atoms with Gasteiger partial charge in [0.1, 0.15) is 5.39 Å². The number of nitrogens with one attached hydrogen (secondary N) is 3. The quantitative estimate of drug-likeness (QED) is 0.459. The second kappa shape index (κ2) is 5.49. The van der Waals surface area contributed by atoms with E-state index in [1.54, 1.807) is 11.3 Å². The second-order valence-electron chi connectivity index (χ2n) is 5.13. The number of benzene rings is 1. The van der Waals surface area contributed by atoms with Gasteiger partial charge in [-0.25, -0.2) is 0 Å². The van der Waals surface area contributed by atoms with Gasteiger partial charge in [-0.05, 0) is 16.8 Å².